The minimum Gasteiger partial charge on any atom is -0.367 e. The van der Waals surface area contributed by atoms with Crippen molar-refractivity contribution in [3.63, 3.8) is 0 Å². The first kappa shape index (κ1) is 15.8. The third-order valence-electron chi connectivity index (χ3n) is 3.95. The Balaban J connectivity index is 2.16. The number of likely N-dealkylation sites (tertiary alicyclic amines) is 1. The van der Waals surface area contributed by atoms with E-state index >= 15 is 0 Å². The summed E-state index contributed by atoms with van der Waals surface area (Å²) in [5.74, 6) is 1.11. The van der Waals surface area contributed by atoms with Crippen LogP contribution in [0.2, 0.25) is 0 Å². The van der Waals surface area contributed by atoms with E-state index in [1.54, 1.807) is 6.20 Å². The van der Waals surface area contributed by atoms with Crippen LogP contribution in [-0.4, -0.2) is 41.0 Å². The molecular weight excluding hydrogens is 264 g/mol. The number of anilines is 1. The third kappa shape index (κ3) is 3.94. The van der Waals surface area contributed by atoms with Crippen LogP contribution < -0.4 is 11.1 Å². The molecule has 1 aromatic heterocycles. The maximum atomic E-state index is 12.8. The van der Waals surface area contributed by atoms with Crippen LogP contribution in [0.5, 0.6) is 0 Å². The second-order valence-corrected chi connectivity index (χ2v) is 6.21. The lowest BCUT2D eigenvalue weighted by molar-refractivity contribution is 0.0661. The topological polar surface area (TPSA) is 71.2 Å². The van der Waals surface area contributed by atoms with Crippen LogP contribution in [0.3, 0.4) is 0 Å². The predicted octanol–water partition coefficient (Wildman–Crippen LogP) is 2.10. The summed E-state index contributed by atoms with van der Waals surface area (Å²) in [5, 5.41) is 3.24. The number of nitrogens with two attached hydrogens (primary N) is 1. The van der Waals surface area contributed by atoms with Gasteiger partial charge in [0.2, 0.25) is 0 Å². The third-order valence-corrected chi connectivity index (χ3v) is 3.95. The van der Waals surface area contributed by atoms with E-state index in [0.29, 0.717) is 17.3 Å². The molecule has 1 aliphatic heterocycles. The molecule has 1 saturated heterocycles. The van der Waals surface area contributed by atoms with Crippen LogP contribution in [0.15, 0.2) is 18.3 Å². The van der Waals surface area contributed by atoms with Gasteiger partial charge in [-0.25, -0.2) is 4.98 Å². The molecular formula is C16H26N4O. The number of pyridine rings is 1. The molecule has 2 unspecified atom stereocenters. The molecule has 5 nitrogen and oxygen atoms in total. The van der Waals surface area contributed by atoms with Gasteiger partial charge in [0.25, 0.3) is 5.91 Å². The van der Waals surface area contributed by atoms with Gasteiger partial charge in [0.15, 0.2) is 0 Å². The molecule has 21 heavy (non-hydrogen) atoms. The van der Waals surface area contributed by atoms with E-state index < -0.39 is 0 Å². The van der Waals surface area contributed by atoms with Gasteiger partial charge in [0, 0.05) is 31.4 Å². The number of amides is 1. The maximum Gasteiger partial charge on any atom is 0.257 e. The molecule has 2 heterocycles. The molecule has 0 aromatic carbocycles. The largest absolute Gasteiger partial charge is 0.367 e. The number of carbonyl (C=O) groups excluding carboxylic acids is 1. The first-order valence-electron chi connectivity index (χ1n) is 7.75. The molecule has 1 aliphatic rings. The van der Waals surface area contributed by atoms with Crippen LogP contribution in [-0.2, 0) is 0 Å². The Hall–Kier alpha value is -1.62. The van der Waals surface area contributed by atoms with Crippen molar-refractivity contribution in [2.75, 3.05) is 18.4 Å². The predicted molar refractivity (Wildman–Crippen MR) is 85.3 cm³/mol. The fraction of sp³-hybridized carbons (Fsp3) is 0.625. The molecule has 116 valence electrons. The maximum absolute atomic E-state index is 12.8. The summed E-state index contributed by atoms with van der Waals surface area (Å²) < 4.78 is 0. The van der Waals surface area contributed by atoms with Crippen LogP contribution in [0.4, 0.5) is 5.82 Å². The summed E-state index contributed by atoms with van der Waals surface area (Å²) in [6, 6.07) is 4.02. The second kappa shape index (κ2) is 6.89. The number of nitrogens with one attached hydrogen (secondary N) is 1. The Morgan fingerprint density at radius 3 is 2.90 bits per heavy atom. The van der Waals surface area contributed by atoms with Gasteiger partial charge in [-0.15, -0.1) is 0 Å². The van der Waals surface area contributed by atoms with E-state index in [9.17, 15) is 4.79 Å². The SMILES string of the molecule is CC(C)Nc1ncccc1C(=O)N1CCCC(C(C)N)C1. The van der Waals surface area contributed by atoms with Gasteiger partial charge in [-0.3, -0.25) is 4.79 Å². The first-order valence-corrected chi connectivity index (χ1v) is 7.75. The standard InChI is InChI=1S/C16H26N4O/c1-11(2)19-15-14(7-4-8-18-15)16(21)20-9-5-6-13(10-20)12(3)17/h4,7-8,11-13H,5-6,9-10,17H2,1-3H3,(H,18,19). The lowest BCUT2D eigenvalue weighted by Gasteiger charge is -2.35. The summed E-state index contributed by atoms with van der Waals surface area (Å²) in [4.78, 5) is 19.0. The van der Waals surface area contributed by atoms with Gasteiger partial charge in [0.1, 0.15) is 5.82 Å². The van der Waals surface area contributed by atoms with Crippen molar-refractivity contribution in [2.45, 2.75) is 45.7 Å². The summed E-state index contributed by atoms with van der Waals surface area (Å²) in [6.07, 6.45) is 3.83. The number of rotatable bonds is 4. The smallest absolute Gasteiger partial charge is 0.257 e. The summed E-state index contributed by atoms with van der Waals surface area (Å²) in [6.45, 7) is 7.64. The summed E-state index contributed by atoms with van der Waals surface area (Å²) in [5.41, 5.74) is 6.65. The molecule has 1 aromatic rings. The van der Waals surface area contributed by atoms with Crippen molar-refractivity contribution in [3.05, 3.63) is 23.9 Å². The minimum atomic E-state index is 0.0524. The fourth-order valence-corrected chi connectivity index (χ4v) is 2.76. The molecule has 0 saturated carbocycles. The number of hydrogen-bond donors (Lipinski definition) is 2. The van der Waals surface area contributed by atoms with Crippen molar-refractivity contribution in [1.82, 2.24) is 9.88 Å². The quantitative estimate of drug-likeness (QED) is 0.891. The number of aromatic nitrogens is 1. The number of nitrogens with zero attached hydrogens (tertiary/aromatic N) is 2. The van der Waals surface area contributed by atoms with E-state index in [0.717, 1.165) is 25.9 Å². The molecule has 1 fully saturated rings. The Morgan fingerprint density at radius 1 is 1.48 bits per heavy atom. The van der Waals surface area contributed by atoms with Gasteiger partial charge >= 0.3 is 0 Å². The van der Waals surface area contributed by atoms with E-state index in [4.69, 9.17) is 5.73 Å². The highest BCUT2D eigenvalue weighted by Crippen LogP contribution is 2.22. The average Bonchev–Trinajstić information content (AvgIpc) is 2.46. The molecule has 0 aliphatic carbocycles. The molecule has 3 N–H and O–H groups in total. The Morgan fingerprint density at radius 2 is 2.24 bits per heavy atom. The zero-order valence-electron chi connectivity index (χ0n) is 13.2. The molecule has 0 bridgehead atoms. The summed E-state index contributed by atoms with van der Waals surface area (Å²) in [7, 11) is 0. The van der Waals surface area contributed by atoms with Crippen molar-refractivity contribution in [1.29, 1.82) is 0 Å². The molecule has 0 spiro atoms. The fourth-order valence-electron chi connectivity index (χ4n) is 2.76. The van der Waals surface area contributed by atoms with E-state index in [-0.39, 0.29) is 18.0 Å². The van der Waals surface area contributed by atoms with Crippen molar-refractivity contribution in [3.8, 4) is 0 Å². The van der Waals surface area contributed by atoms with Crippen molar-refractivity contribution >= 4 is 11.7 Å². The van der Waals surface area contributed by atoms with Crippen molar-refractivity contribution in [2.24, 2.45) is 11.7 Å². The molecule has 1 amide bonds. The lowest BCUT2D eigenvalue weighted by atomic mass is 9.92. The monoisotopic (exact) mass is 290 g/mol. The van der Waals surface area contributed by atoms with Gasteiger partial charge in [-0.05, 0) is 51.7 Å². The highest BCUT2D eigenvalue weighted by molar-refractivity contribution is 5.98. The lowest BCUT2D eigenvalue weighted by Crippen LogP contribution is -2.45. The number of hydrogen-bond acceptors (Lipinski definition) is 4. The minimum absolute atomic E-state index is 0.0524. The zero-order chi connectivity index (χ0) is 15.4. The Labute approximate surface area is 126 Å². The second-order valence-electron chi connectivity index (χ2n) is 6.21. The molecule has 2 rings (SSSR count). The van der Waals surface area contributed by atoms with Gasteiger partial charge < -0.3 is 16.0 Å². The van der Waals surface area contributed by atoms with Crippen LogP contribution in [0.25, 0.3) is 0 Å². The first-order chi connectivity index (χ1) is 9.99. The number of carbonyl (C=O) groups is 1. The number of piperidine rings is 1. The highest BCUT2D eigenvalue weighted by Gasteiger charge is 2.27. The van der Waals surface area contributed by atoms with Gasteiger partial charge in [0.05, 0.1) is 5.56 Å². The molecule has 5 heteroatoms. The van der Waals surface area contributed by atoms with E-state index in [1.807, 2.05) is 37.8 Å². The van der Waals surface area contributed by atoms with Gasteiger partial charge in [-0.2, -0.15) is 0 Å². The van der Waals surface area contributed by atoms with Crippen LogP contribution >= 0.6 is 0 Å². The summed E-state index contributed by atoms with van der Waals surface area (Å²) >= 11 is 0. The van der Waals surface area contributed by atoms with Gasteiger partial charge in [-0.1, -0.05) is 0 Å². The van der Waals surface area contributed by atoms with E-state index in [1.165, 1.54) is 0 Å². The Bertz CT molecular complexity index is 487. The molecule has 0 radical (unpaired) electrons. The van der Waals surface area contributed by atoms with E-state index in [2.05, 4.69) is 10.3 Å². The Kier molecular flexibility index (Phi) is 5.17. The average molecular weight is 290 g/mol. The zero-order valence-corrected chi connectivity index (χ0v) is 13.2. The van der Waals surface area contributed by atoms with Crippen LogP contribution in [0, 0.1) is 5.92 Å². The van der Waals surface area contributed by atoms with Crippen LogP contribution in [0.1, 0.15) is 44.0 Å². The van der Waals surface area contributed by atoms with Crippen molar-refractivity contribution < 1.29 is 4.79 Å². The normalized spacial score (nSPS) is 20.4. The molecule has 2 atom stereocenters. The highest BCUT2D eigenvalue weighted by atomic mass is 16.2.